The average Bonchev–Trinajstić information content (AvgIpc) is 2.39. The Labute approximate surface area is 113 Å². The molecule has 1 N–H and O–H groups in total. The maximum Gasteiger partial charge on any atom is 0.226 e. The summed E-state index contributed by atoms with van der Waals surface area (Å²) in [5.41, 5.74) is 0.886. The first-order chi connectivity index (χ1) is 9.00. The maximum atomic E-state index is 12.1. The molecule has 2 rings (SSSR count). The summed E-state index contributed by atoms with van der Waals surface area (Å²) < 4.78 is 0. The predicted octanol–water partition coefficient (Wildman–Crippen LogP) is 1.47. The van der Waals surface area contributed by atoms with Gasteiger partial charge in [-0.05, 0) is 37.5 Å². The molecule has 1 heterocycles. The monoisotopic (exact) mass is 258 g/mol. The summed E-state index contributed by atoms with van der Waals surface area (Å²) in [6.45, 7) is 3.04. The number of likely N-dealkylation sites (tertiary alicyclic amines) is 1. The van der Waals surface area contributed by atoms with E-state index < -0.39 is 5.60 Å². The lowest BCUT2D eigenvalue weighted by Crippen LogP contribution is -2.45. The molecule has 4 heteroatoms. The van der Waals surface area contributed by atoms with Gasteiger partial charge < -0.3 is 10.0 Å². The zero-order valence-electron chi connectivity index (χ0n) is 11.1. The van der Waals surface area contributed by atoms with Gasteiger partial charge in [0, 0.05) is 13.1 Å². The fraction of sp³-hybridized carbons (Fsp3) is 0.467. The van der Waals surface area contributed by atoms with Gasteiger partial charge in [0.05, 0.1) is 23.7 Å². The van der Waals surface area contributed by atoms with Crippen LogP contribution in [0.15, 0.2) is 24.3 Å². The first-order valence-electron chi connectivity index (χ1n) is 6.49. The molecule has 100 valence electrons. The number of carbonyl (C=O) groups excluding carboxylic acids is 1. The first-order valence-corrected chi connectivity index (χ1v) is 6.49. The van der Waals surface area contributed by atoms with Crippen molar-refractivity contribution < 1.29 is 9.90 Å². The minimum atomic E-state index is -0.634. The van der Waals surface area contributed by atoms with E-state index >= 15 is 0 Å². The maximum absolute atomic E-state index is 12.1. The van der Waals surface area contributed by atoms with Gasteiger partial charge in [-0.25, -0.2) is 0 Å². The molecule has 1 aliphatic heterocycles. The Hall–Kier alpha value is -1.86. The number of carbonyl (C=O) groups is 1. The molecule has 0 bridgehead atoms. The van der Waals surface area contributed by atoms with Crippen molar-refractivity contribution in [1.29, 1.82) is 5.26 Å². The van der Waals surface area contributed by atoms with Crippen LogP contribution in [0.25, 0.3) is 0 Å². The zero-order valence-corrected chi connectivity index (χ0v) is 11.1. The van der Waals surface area contributed by atoms with Crippen LogP contribution in [-0.4, -0.2) is 34.6 Å². The van der Waals surface area contributed by atoms with Gasteiger partial charge in [0.1, 0.15) is 0 Å². The molecule has 1 aliphatic rings. The summed E-state index contributed by atoms with van der Waals surface area (Å²) >= 11 is 0. The summed E-state index contributed by atoms with van der Waals surface area (Å²) in [5.74, 6) is 0.0835. The van der Waals surface area contributed by atoms with Crippen LogP contribution in [0.1, 0.15) is 30.9 Å². The third kappa shape index (κ3) is 3.55. The molecule has 0 aromatic heterocycles. The highest BCUT2D eigenvalue weighted by atomic mass is 16.3. The molecule has 1 saturated heterocycles. The SMILES string of the molecule is CC1(O)CCN(C(=O)Cc2ccc(C#N)cc2)CC1. The molecule has 0 saturated carbocycles. The van der Waals surface area contributed by atoms with Crippen LogP contribution < -0.4 is 0 Å². The second-order valence-corrected chi connectivity index (χ2v) is 5.36. The van der Waals surface area contributed by atoms with Crippen molar-refractivity contribution in [3.05, 3.63) is 35.4 Å². The summed E-state index contributed by atoms with van der Waals surface area (Å²) in [4.78, 5) is 13.9. The van der Waals surface area contributed by atoms with Gasteiger partial charge in [0.15, 0.2) is 0 Å². The van der Waals surface area contributed by atoms with Gasteiger partial charge in [-0.2, -0.15) is 5.26 Å². The van der Waals surface area contributed by atoms with Crippen LogP contribution >= 0.6 is 0 Å². The highest BCUT2D eigenvalue weighted by molar-refractivity contribution is 5.78. The van der Waals surface area contributed by atoms with Crippen LogP contribution in [-0.2, 0) is 11.2 Å². The number of amides is 1. The second-order valence-electron chi connectivity index (χ2n) is 5.36. The molecule has 1 aromatic carbocycles. The summed E-state index contributed by atoms with van der Waals surface area (Å²) in [6.07, 6.45) is 1.62. The molecular formula is C15H18N2O2. The van der Waals surface area contributed by atoms with E-state index in [1.807, 2.05) is 19.1 Å². The molecule has 1 aromatic rings. The van der Waals surface area contributed by atoms with Crippen LogP contribution in [0.4, 0.5) is 0 Å². The van der Waals surface area contributed by atoms with Gasteiger partial charge in [0.2, 0.25) is 5.91 Å². The van der Waals surface area contributed by atoms with Crippen molar-refractivity contribution in [3.8, 4) is 6.07 Å². The lowest BCUT2D eigenvalue weighted by atomic mass is 9.93. The number of nitriles is 1. The van der Waals surface area contributed by atoms with E-state index in [2.05, 4.69) is 6.07 Å². The summed E-state index contributed by atoms with van der Waals surface area (Å²) in [6, 6.07) is 9.14. The Morgan fingerprint density at radius 2 is 1.95 bits per heavy atom. The first kappa shape index (κ1) is 13.6. The highest BCUT2D eigenvalue weighted by Gasteiger charge is 2.29. The van der Waals surface area contributed by atoms with E-state index in [1.54, 1.807) is 17.0 Å². The molecule has 19 heavy (non-hydrogen) atoms. The number of rotatable bonds is 2. The third-order valence-electron chi connectivity index (χ3n) is 3.63. The Morgan fingerprint density at radius 3 is 2.47 bits per heavy atom. The molecule has 0 unspecified atom stereocenters. The van der Waals surface area contributed by atoms with Crippen molar-refractivity contribution in [3.63, 3.8) is 0 Å². The molecule has 1 amide bonds. The molecule has 0 aliphatic carbocycles. The Kier molecular flexibility index (Phi) is 3.87. The number of nitrogens with zero attached hydrogens (tertiary/aromatic N) is 2. The van der Waals surface area contributed by atoms with Crippen molar-refractivity contribution in [2.75, 3.05) is 13.1 Å². The van der Waals surface area contributed by atoms with E-state index in [0.717, 1.165) is 5.56 Å². The molecule has 0 radical (unpaired) electrons. The molecular weight excluding hydrogens is 240 g/mol. The fourth-order valence-corrected chi connectivity index (χ4v) is 2.22. The quantitative estimate of drug-likeness (QED) is 0.873. The zero-order chi connectivity index (χ0) is 13.9. The summed E-state index contributed by atoms with van der Waals surface area (Å²) in [7, 11) is 0. The number of aliphatic hydroxyl groups is 1. The van der Waals surface area contributed by atoms with E-state index in [4.69, 9.17) is 5.26 Å². The lowest BCUT2D eigenvalue weighted by molar-refractivity contribution is -0.134. The fourth-order valence-electron chi connectivity index (χ4n) is 2.22. The molecule has 4 nitrogen and oxygen atoms in total. The van der Waals surface area contributed by atoms with Crippen LogP contribution in [0.3, 0.4) is 0 Å². The van der Waals surface area contributed by atoms with Crippen molar-refractivity contribution >= 4 is 5.91 Å². The standard InChI is InChI=1S/C15H18N2O2/c1-15(19)6-8-17(9-7-15)14(18)10-12-2-4-13(11-16)5-3-12/h2-5,19H,6-10H2,1H3. The van der Waals surface area contributed by atoms with Gasteiger partial charge in [0.25, 0.3) is 0 Å². The molecule has 0 spiro atoms. The van der Waals surface area contributed by atoms with Crippen LogP contribution in [0.2, 0.25) is 0 Å². The second kappa shape index (κ2) is 5.41. The van der Waals surface area contributed by atoms with Crippen molar-refractivity contribution in [2.24, 2.45) is 0 Å². The number of benzene rings is 1. The van der Waals surface area contributed by atoms with Gasteiger partial charge in [-0.15, -0.1) is 0 Å². The highest BCUT2D eigenvalue weighted by Crippen LogP contribution is 2.21. The topological polar surface area (TPSA) is 64.3 Å². The van der Waals surface area contributed by atoms with Gasteiger partial charge in [-0.1, -0.05) is 12.1 Å². The minimum absolute atomic E-state index is 0.0835. The van der Waals surface area contributed by atoms with Crippen molar-refractivity contribution in [2.45, 2.75) is 31.8 Å². The Morgan fingerprint density at radius 1 is 1.37 bits per heavy atom. The van der Waals surface area contributed by atoms with E-state index in [9.17, 15) is 9.90 Å². The number of hydrogen-bond donors (Lipinski definition) is 1. The number of piperidine rings is 1. The third-order valence-corrected chi connectivity index (χ3v) is 3.63. The normalized spacial score (nSPS) is 17.8. The lowest BCUT2D eigenvalue weighted by Gasteiger charge is -2.35. The Bertz CT molecular complexity index is 490. The average molecular weight is 258 g/mol. The predicted molar refractivity (Wildman–Crippen MR) is 71.3 cm³/mol. The Balaban J connectivity index is 1.92. The summed E-state index contributed by atoms with van der Waals surface area (Å²) in [5, 5.41) is 18.6. The van der Waals surface area contributed by atoms with E-state index in [0.29, 0.717) is 37.9 Å². The number of hydrogen-bond acceptors (Lipinski definition) is 3. The smallest absolute Gasteiger partial charge is 0.226 e. The van der Waals surface area contributed by atoms with E-state index in [-0.39, 0.29) is 5.91 Å². The van der Waals surface area contributed by atoms with Gasteiger partial charge >= 0.3 is 0 Å². The molecule has 0 atom stereocenters. The van der Waals surface area contributed by atoms with E-state index in [1.165, 1.54) is 0 Å². The minimum Gasteiger partial charge on any atom is -0.390 e. The molecule has 1 fully saturated rings. The van der Waals surface area contributed by atoms with Crippen molar-refractivity contribution in [1.82, 2.24) is 4.90 Å². The van der Waals surface area contributed by atoms with Crippen LogP contribution in [0.5, 0.6) is 0 Å². The largest absolute Gasteiger partial charge is 0.390 e. The van der Waals surface area contributed by atoms with Gasteiger partial charge in [-0.3, -0.25) is 4.79 Å². The van der Waals surface area contributed by atoms with Crippen LogP contribution in [0, 0.1) is 11.3 Å².